The Morgan fingerprint density at radius 1 is 0.842 bits per heavy atom. The third-order valence-electron chi connectivity index (χ3n) is 2.91. The van der Waals surface area contributed by atoms with Crippen LogP contribution >= 0.6 is 47.8 Å². The number of carbonyl (C=O) groups is 1. The second kappa shape index (κ2) is 5.90. The van der Waals surface area contributed by atoms with Gasteiger partial charge in [0.1, 0.15) is 0 Å². The molecule has 0 aliphatic heterocycles. The fraction of sp³-hybridized carbons (Fsp3) is 0.133. The highest BCUT2D eigenvalue weighted by molar-refractivity contribution is 9.11. The minimum absolute atomic E-state index is 0.0168. The molecule has 0 saturated heterocycles. The summed E-state index contributed by atoms with van der Waals surface area (Å²) in [6, 6.07) is 9.44. The number of ketones is 1. The van der Waals surface area contributed by atoms with Crippen LogP contribution in [0.1, 0.15) is 27.0 Å². The van der Waals surface area contributed by atoms with Gasteiger partial charge in [0, 0.05) is 24.5 Å². The Kier molecular flexibility index (Phi) is 4.64. The van der Waals surface area contributed by atoms with Gasteiger partial charge in [-0.1, -0.05) is 47.8 Å². The van der Waals surface area contributed by atoms with E-state index in [4.69, 9.17) is 0 Å². The highest BCUT2D eigenvalue weighted by Crippen LogP contribution is 2.28. The van der Waals surface area contributed by atoms with E-state index in [2.05, 4.69) is 47.8 Å². The predicted molar refractivity (Wildman–Crippen MR) is 88.9 cm³/mol. The molecule has 0 saturated carbocycles. The number of benzene rings is 2. The van der Waals surface area contributed by atoms with Crippen LogP contribution in [0.5, 0.6) is 0 Å². The Balaban J connectivity index is 2.49. The largest absolute Gasteiger partial charge is 0.289 e. The number of halogens is 3. The SMILES string of the molecule is Cc1cc(C(=O)c2cc(Br)c(C)cc2Br)ccc1Br. The first kappa shape index (κ1) is 14.9. The first-order chi connectivity index (χ1) is 8.90. The number of hydrogen-bond acceptors (Lipinski definition) is 1. The van der Waals surface area contributed by atoms with Gasteiger partial charge in [0.2, 0.25) is 0 Å². The summed E-state index contributed by atoms with van der Waals surface area (Å²) in [5, 5.41) is 0. The first-order valence-electron chi connectivity index (χ1n) is 5.66. The van der Waals surface area contributed by atoms with Gasteiger partial charge >= 0.3 is 0 Å². The van der Waals surface area contributed by atoms with E-state index in [0.717, 1.165) is 24.5 Å². The van der Waals surface area contributed by atoms with Crippen LogP contribution < -0.4 is 0 Å². The lowest BCUT2D eigenvalue weighted by molar-refractivity contribution is 0.103. The lowest BCUT2D eigenvalue weighted by Crippen LogP contribution is -2.03. The third kappa shape index (κ3) is 3.18. The summed E-state index contributed by atoms with van der Waals surface area (Å²) in [5.74, 6) is 0.0168. The summed E-state index contributed by atoms with van der Waals surface area (Å²) in [7, 11) is 0. The molecule has 0 amide bonds. The van der Waals surface area contributed by atoms with Gasteiger partial charge in [-0.3, -0.25) is 4.79 Å². The van der Waals surface area contributed by atoms with Crippen LogP contribution in [0, 0.1) is 13.8 Å². The summed E-state index contributed by atoms with van der Waals surface area (Å²) in [6.45, 7) is 3.97. The molecule has 0 bridgehead atoms. The van der Waals surface area contributed by atoms with Crippen LogP contribution in [0.2, 0.25) is 0 Å². The molecule has 0 fully saturated rings. The van der Waals surface area contributed by atoms with Crippen molar-refractivity contribution in [3.05, 3.63) is 66.0 Å². The molecule has 0 radical (unpaired) electrons. The molecule has 0 aromatic heterocycles. The van der Waals surface area contributed by atoms with Gasteiger partial charge in [0.15, 0.2) is 5.78 Å². The molecule has 0 spiro atoms. The molecule has 4 heteroatoms. The van der Waals surface area contributed by atoms with Crippen molar-refractivity contribution in [3.8, 4) is 0 Å². The second-order valence-electron chi connectivity index (χ2n) is 4.37. The molecule has 0 unspecified atom stereocenters. The lowest BCUT2D eigenvalue weighted by atomic mass is 10.0. The van der Waals surface area contributed by atoms with Crippen molar-refractivity contribution >= 4 is 53.6 Å². The highest BCUT2D eigenvalue weighted by atomic mass is 79.9. The molecule has 0 aliphatic carbocycles. The van der Waals surface area contributed by atoms with Crippen LogP contribution in [0.25, 0.3) is 0 Å². The monoisotopic (exact) mass is 444 g/mol. The number of rotatable bonds is 2. The van der Waals surface area contributed by atoms with Crippen LogP contribution in [0.3, 0.4) is 0 Å². The van der Waals surface area contributed by atoms with Gasteiger partial charge in [0.05, 0.1) is 0 Å². The summed E-state index contributed by atoms with van der Waals surface area (Å²) < 4.78 is 2.76. The second-order valence-corrected chi connectivity index (χ2v) is 6.94. The van der Waals surface area contributed by atoms with Crippen molar-refractivity contribution < 1.29 is 4.79 Å². The van der Waals surface area contributed by atoms with Gasteiger partial charge < -0.3 is 0 Å². The van der Waals surface area contributed by atoms with Gasteiger partial charge in [-0.15, -0.1) is 0 Å². The minimum Gasteiger partial charge on any atom is -0.289 e. The molecule has 2 rings (SSSR count). The van der Waals surface area contributed by atoms with Crippen LogP contribution in [-0.2, 0) is 0 Å². The third-order valence-corrected chi connectivity index (χ3v) is 5.31. The maximum atomic E-state index is 12.5. The van der Waals surface area contributed by atoms with E-state index in [9.17, 15) is 4.79 Å². The van der Waals surface area contributed by atoms with Crippen molar-refractivity contribution in [1.29, 1.82) is 0 Å². The lowest BCUT2D eigenvalue weighted by Gasteiger charge is -2.08. The average molecular weight is 447 g/mol. The van der Waals surface area contributed by atoms with Crippen molar-refractivity contribution in [3.63, 3.8) is 0 Å². The van der Waals surface area contributed by atoms with E-state index in [-0.39, 0.29) is 5.78 Å². The Morgan fingerprint density at radius 3 is 2.11 bits per heavy atom. The van der Waals surface area contributed by atoms with Crippen molar-refractivity contribution in [2.24, 2.45) is 0 Å². The maximum absolute atomic E-state index is 12.5. The Morgan fingerprint density at radius 2 is 1.47 bits per heavy atom. The quantitative estimate of drug-likeness (QED) is 0.531. The van der Waals surface area contributed by atoms with Crippen molar-refractivity contribution in [2.45, 2.75) is 13.8 Å². The molecule has 0 aliphatic rings. The molecule has 2 aromatic rings. The molecule has 1 nitrogen and oxygen atoms in total. The Bertz CT molecular complexity index is 663. The Hall–Kier alpha value is -0.450. The highest BCUT2D eigenvalue weighted by Gasteiger charge is 2.15. The van der Waals surface area contributed by atoms with E-state index in [1.807, 2.05) is 44.2 Å². The molecule has 2 aromatic carbocycles. The van der Waals surface area contributed by atoms with E-state index in [0.29, 0.717) is 11.1 Å². The predicted octanol–water partition coefficient (Wildman–Crippen LogP) is 5.82. The van der Waals surface area contributed by atoms with Gasteiger partial charge in [-0.2, -0.15) is 0 Å². The van der Waals surface area contributed by atoms with Gasteiger partial charge in [-0.25, -0.2) is 0 Å². The summed E-state index contributed by atoms with van der Waals surface area (Å²) in [5.41, 5.74) is 3.50. The number of hydrogen-bond donors (Lipinski definition) is 0. The van der Waals surface area contributed by atoms with E-state index in [1.165, 1.54) is 0 Å². The fourth-order valence-electron chi connectivity index (χ4n) is 1.76. The number of aryl methyl sites for hydroxylation is 2. The molecule has 19 heavy (non-hydrogen) atoms. The van der Waals surface area contributed by atoms with E-state index < -0.39 is 0 Å². The van der Waals surface area contributed by atoms with Crippen molar-refractivity contribution in [2.75, 3.05) is 0 Å². The van der Waals surface area contributed by atoms with Crippen LogP contribution in [0.4, 0.5) is 0 Å². The first-order valence-corrected chi connectivity index (χ1v) is 8.04. The molecule has 98 valence electrons. The zero-order chi connectivity index (χ0) is 14.2. The molecular weight excluding hydrogens is 436 g/mol. The number of carbonyl (C=O) groups excluding carboxylic acids is 1. The normalized spacial score (nSPS) is 10.6. The topological polar surface area (TPSA) is 17.1 Å². The van der Waals surface area contributed by atoms with Crippen molar-refractivity contribution in [1.82, 2.24) is 0 Å². The zero-order valence-corrected chi connectivity index (χ0v) is 15.2. The minimum atomic E-state index is 0.0168. The summed E-state index contributed by atoms with van der Waals surface area (Å²) in [4.78, 5) is 12.5. The summed E-state index contributed by atoms with van der Waals surface area (Å²) >= 11 is 10.4. The molecule has 0 heterocycles. The molecule has 0 atom stereocenters. The maximum Gasteiger partial charge on any atom is 0.194 e. The standard InChI is InChI=1S/C15H11Br3O/c1-8-5-10(3-4-12(8)16)15(19)11-7-13(17)9(2)6-14(11)18/h3-7H,1-2H3. The van der Waals surface area contributed by atoms with E-state index in [1.54, 1.807) is 0 Å². The smallest absolute Gasteiger partial charge is 0.194 e. The average Bonchev–Trinajstić information content (AvgIpc) is 2.36. The van der Waals surface area contributed by atoms with Crippen LogP contribution in [-0.4, -0.2) is 5.78 Å². The zero-order valence-electron chi connectivity index (χ0n) is 10.4. The van der Waals surface area contributed by atoms with Gasteiger partial charge in [-0.05, 0) is 55.3 Å². The molecular formula is C15H11Br3O. The Labute approximate surface area is 137 Å². The summed E-state index contributed by atoms with van der Waals surface area (Å²) in [6.07, 6.45) is 0. The van der Waals surface area contributed by atoms with E-state index >= 15 is 0 Å². The van der Waals surface area contributed by atoms with Gasteiger partial charge in [0.25, 0.3) is 0 Å². The fourth-order valence-corrected chi connectivity index (χ4v) is 2.99. The molecule has 0 N–H and O–H groups in total. The van der Waals surface area contributed by atoms with Crippen LogP contribution in [0.15, 0.2) is 43.7 Å².